The van der Waals surface area contributed by atoms with Crippen LogP contribution in [0.2, 0.25) is 0 Å². The van der Waals surface area contributed by atoms with Crippen LogP contribution >= 0.6 is 0 Å². The van der Waals surface area contributed by atoms with E-state index in [1.165, 1.54) is 0 Å². The highest BCUT2D eigenvalue weighted by Crippen LogP contribution is 2.30. The number of ether oxygens (including phenoxy) is 1. The molecule has 1 aliphatic rings. The highest BCUT2D eigenvalue weighted by Gasteiger charge is 2.15. The fourth-order valence-corrected chi connectivity index (χ4v) is 1.98. The van der Waals surface area contributed by atoms with E-state index in [1.807, 2.05) is 0 Å². The maximum Gasteiger partial charge on any atom is 0.409 e. The average Bonchev–Trinajstić information content (AvgIpc) is 2.41. The zero-order valence-corrected chi connectivity index (χ0v) is 10.3. The second kappa shape index (κ2) is 5.50. The highest BCUT2D eigenvalue weighted by molar-refractivity contribution is 5.91. The number of nitrogen functional groups attached to an aromatic ring is 1. The Hall–Kier alpha value is -2.39. The molecule has 1 aliphatic heterocycles. The molecule has 0 atom stereocenters. The van der Waals surface area contributed by atoms with Crippen molar-refractivity contribution in [3.63, 3.8) is 0 Å². The summed E-state index contributed by atoms with van der Waals surface area (Å²) in [6, 6.07) is 3.48. The normalized spacial score (nSPS) is 14.8. The number of terminal acetylenes is 1. The summed E-state index contributed by atoms with van der Waals surface area (Å²) in [5, 5.41) is 11.1. The van der Waals surface area contributed by atoms with Gasteiger partial charge in [0.2, 0.25) is 0 Å². The Morgan fingerprint density at radius 3 is 2.74 bits per heavy atom. The number of amides is 1. The predicted molar refractivity (Wildman–Crippen MR) is 73.5 cm³/mol. The van der Waals surface area contributed by atoms with Crippen LogP contribution < -0.4 is 16.0 Å². The molecule has 4 N–H and O–H groups in total. The summed E-state index contributed by atoms with van der Waals surface area (Å²) >= 11 is 0. The minimum absolute atomic E-state index is 0.266. The van der Waals surface area contributed by atoms with E-state index >= 15 is 0 Å². The number of benzene rings is 1. The van der Waals surface area contributed by atoms with E-state index in [0.717, 1.165) is 18.8 Å². The van der Waals surface area contributed by atoms with Crippen LogP contribution in [0.1, 0.15) is 5.56 Å². The molecule has 0 bridgehead atoms. The van der Waals surface area contributed by atoms with Crippen LogP contribution in [0.15, 0.2) is 12.1 Å². The van der Waals surface area contributed by atoms with Crippen molar-refractivity contribution in [2.45, 2.75) is 0 Å². The van der Waals surface area contributed by atoms with Crippen LogP contribution in [0.25, 0.3) is 0 Å². The first kappa shape index (κ1) is 13.1. The van der Waals surface area contributed by atoms with Gasteiger partial charge in [0.15, 0.2) is 0 Å². The monoisotopic (exact) mass is 261 g/mol. The molecular formula is C13H15N3O3. The number of nitrogens with one attached hydrogen (secondary N) is 1. The fourth-order valence-electron chi connectivity index (χ4n) is 1.98. The molecule has 1 heterocycles. The molecule has 1 amide bonds. The average molecular weight is 261 g/mol. The molecule has 0 saturated carbocycles. The Labute approximate surface area is 111 Å². The summed E-state index contributed by atoms with van der Waals surface area (Å²) in [5.41, 5.74) is 7.73. The topological polar surface area (TPSA) is 87.8 Å². The Balaban J connectivity index is 2.38. The van der Waals surface area contributed by atoms with Gasteiger partial charge in [0.1, 0.15) is 0 Å². The third kappa shape index (κ3) is 2.89. The number of rotatable bonds is 2. The van der Waals surface area contributed by atoms with Crippen molar-refractivity contribution in [2.24, 2.45) is 0 Å². The minimum atomic E-state index is -1.17. The lowest BCUT2D eigenvalue weighted by Crippen LogP contribution is -2.36. The van der Waals surface area contributed by atoms with Crippen molar-refractivity contribution < 1.29 is 14.6 Å². The molecule has 6 nitrogen and oxygen atoms in total. The Kier molecular flexibility index (Phi) is 3.78. The summed E-state index contributed by atoms with van der Waals surface area (Å²) < 4.78 is 5.28. The van der Waals surface area contributed by atoms with Crippen LogP contribution in [-0.2, 0) is 4.74 Å². The molecule has 1 saturated heterocycles. The largest absolute Gasteiger partial charge is 0.465 e. The Morgan fingerprint density at radius 2 is 2.16 bits per heavy atom. The maximum atomic E-state index is 10.8. The molecule has 0 aromatic heterocycles. The van der Waals surface area contributed by atoms with Gasteiger partial charge in [-0.2, -0.15) is 0 Å². The molecular weight excluding hydrogens is 246 g/mol. The first-order chi connectivity index (χ1) is 9.11. The number of anilines is 3. The smallest absolute Gasteiger partial charge is 0.409 e. The summed E-state index contributed by atoms with van der Waals surface area (Å²) in [6.45, 7) is 2.75. The molecule has 1 aromatic carbocycles. The van der Waals surface area contributed by atoms with Gasteiger partial charge in [0, 0.05) is 18.8 Å². The van der Waals surface area contributed by atoms with Gasteiger partial charge in [-0.05, 0) is 12.1 Å². The number of hydrogen-bond donors (Lipinski definition) is 3. The first-order valence-corrected chi connectivity index (χ1v) is 5.84. The van der Waals surface area contributed by atoms with Gasteiger partial charge in [-0.1, -0.05) is 5.92 Å². The lowest BCUT2D eigenvalue weighted by molar-refractivity contribution is 0.122. The summed E-state index contributed by atoms with van der Waals surface area (Å²) in [7, 11) is 0. The third-order valence-corrected chi connectivity index (χ3v) is 2.94. The maximum absolute atomic E-state index is 10.8. The number of carbonyl (C=O) groups is 1. The van der Waals surface area contributed by atoms with Gasteiger partial charge >= 0.3 is 6.09 Å². The van der Waals surface area contributed by atoms with Gasteiger partial charge in [0.25, 0.3) is 0 Å². The van der Waals surface area contributed by atoms with Crippen LogP contribution in [0.4, 0.5) is 21.9 Å². The molecule has 1 aromatic rings. The second-order valence-corrected chi connectivity index (χ2v) is 4.13. The number of morpholine rings is 1. The molecule has 2 rings (SSSR count). The standard InChI is InChI=1S/C13H15N3O3/c1-2-9-7-10(16-3-5-19-6-4-16)8-11(12(9)14)15-13(17)18/h1,7-8,15H,3-6,14H2,(H,17,18). The van der Waals surface area contributed by atoms with Crippen molar-refractivity contribution in [3.8, 4) is 12.3 Å². The van der Waals surface area contributed by atoms with E-state index in [0.29, 0.717) is 24.5 Å². The van der Waals surface area contributed by atoms with Gasteiger partial charge < -0.3 is 20.5 Å². The lowest BCUT2D eigenvalue weighted by atomic mass is 10.1. The number of nitrogens with two attached hydrogens (primary N) is 1. The Morgan fingerprint density at radius 1 is 1.47 bits per heavy atom. The van der Waals surface area contributed by atoms with Crippen LogP contribution in [0.3, 0.4) is 0 Å². The van der Waals surface area contributed by atoms with E-state index in [-0.39, 0.29) is 5.69 Å². The van der Waals surface area contributed by atoms with E-state index in [9.17, 15) is 4.79 Å². The SMILES string of the molecule is C#Cc1cc(N2CCOCC2)cc(NC(=O)O)c1N. The summed E-state index contributed by atoms with van der Waals surface area (Å²) in [6.07, 6.45) is 4.23. The third-order valence-electron chi connectivity index (χ3n) is 2.94. The minimum Gasteiger partial charge on any atom is -0.465 e. The van der Waals surface area contributed by atoms with Gasteiger partial charge in [-0.25, -0.2) is 4.79 Å². The Bertz CT molecular complexity index is 531. The van der Waals surface area contributed by atoms with E-state index in [4.69, 9.17) is 22.0 Å². The van der Waals surface area contributed by atoms with Crippen molar-refractivity contribution >= 4 is 23.2 Å². The highest BCUT2D eigenvalue weighted by atomic mass is 16.5. The van der Waals surface area contributed by atoms with Crippen molar-refractivity contribution in [1.82, 2.24) is 0 Å². The number of nitrogens with zero attached hydrogens (tertiary/aromatic N) is 1. The van der Waals surface area contributed by atoms with E-state index in [2.05, 4.69) is 16.1 Å². The van der Waals surface area contributed by atoms with E-state index in [1.54, 1.807) is 12.1 Å². The van der Waals surface area contributed by atoms with Gasteiger partial charge in [-0.3, -0.25) is 5.32 Å². The van der Waals surface area contributed by atoms with Crippen molar-refractivity contribution in [1.29, 1.82) is 0 Å². The fraction of sp³-hybridized carbons (Fsp3) is 0.308. The summed E-state index contributed by atoms with van der Waals surface area (Å²) in [4.78, 5) is 12.8. The zero-order valence-electron chi connectivity index (χ0n) is 10.3. The predicted octanol–water partition coefficient (Wildman–Crippen LogP) is 1.18. The number of hydrogen-bond acceptors (Lipinski definition) is 4. The zero-order chi connectivity index (χ0) is 13.8. The van der Waals surface area contributed by atoms with Crippen molar-refractivity contribution in [2.75, 3.05) is 42.3 Å². The number of carboxylic acid groups (broad SMARTS) is 1. The quantitative estimate of drug-likeness (QED) is 0.549. The first-order valence-electron chi connectivity index (χ1n) is 5.84. The summed E-state index contributed by atoms with van der Waals surface area (Å²) in [5.74, 6) is 2.47. The molecule has 19 heavy (non-hydrogen) atoms. The van der Waals surface area contributed by atoms with E-state index < -0.39 is 6.09 Å². The molecule has 0 radical (unpaired) electrons. The van der Waals surface area contributed by atoms with Gasteiger partial charge in [-0.15, -0.1) is 6.42 Å². The van der Waals surface area contributed by atoms with Crippen LogP contribution in [-0.4, -0.2) is 37.5 Å². The molecule has 100 valence electrons. The molecule has 0 aliphatic carbocycles. The molecule has 1 fully saturated rings. The van der Waals surface area contributed by atoms with Crippen molar-refractivity contribution in [3.05, 3.63) is 17.7 Å². The van der Waals surface area contributed by atoms with Crippen LogP contribution in [0.5, 0.6) is 0 Å². The second-order valence-electron chi connectivity index (χ2n) is 4.13. The molecule has 0 unspecified atom stereocenters. The lowest BCUT2D eigenvalue weighted by Gasteiger charge is -2.29. The molecule has 6 heteroatoms. The van der Waals surface area contributed by atoms with Crippen LogP contribution in [0, 0.1) is 12.3 Å². The molecule has 0 spiro atoms. The van der Waals surface area contributed by atoms with Gasteiger partial charge in [0.05, 0.1) is 30.2 Å².